The van der Waals surface area contributed by atoms with E-state index in [1.54, 1.807) is 7.11 Å². The van der Waals surface area contributed by atoms with Crippen molar-refractivity contribution >= 4 is 28.4 Å². The molecule has 3 rings (SSSR count). The zero-order valence-electron chi connectivity index (χ0n) is 11.9. The minimum atomic E-state index is 0.460. The van der Waals surface area contributed by atoms with Crippen LogP contribution in [0.1, 0.15) is 5.56 Å². The fourth-order valence-electron chi connectivity index (χ4n) is 1.91. The number of aliphatic imine (C=N–C) groups is 1. The molecule has 0 radical (unpaired) electrons. The lowest BCUT2D eigenvalue weighted by Gasteiger charge is -2.00. The highest BCUT2D eigenvalue weighted by molar-refractivity contribution is 7.18. The molecule has 0 spiro atoms. The number of hydrogen-bond donors (Lipinski definition) is 1. The summed E-state index contributed by atoms with van der Waals surface area (Å²) in [6.45, 7) is 0. The molecule has 0 bridgehead atoms. The molecule has 2 aromatic carbocycles. The third-order valence-electron chi connectivity index (χ3n) is 3.01. The molecule has 2 N–H and O–H groups in total. The summed E-state index contributed by atoms with van der Waals surface area (Å²) in [5, 5.41) is 9.12. The molecular formula is C16H14N4OS. The molecule has 5 nitrogen and oxygen atoms in total. The molecule has 22 heavy (non-hydrogen) atoms. The smallest absolute Gasteiger partial charge is 0.203 e. The Morgan fingerprint density at radius 1 is 1.14 bits per heavy atom. The van der Waals surface area contributed by atoms with Gasteiger partial charge in [-0.05, 0) is 42.0 Å². The summed E-state index contributed by atoms with van der Waals surface area (Å²) in [5.74, 6) is 0.827. The van der Waals surface area contributed by atoms with E-state index in [4.69, 9.17) is 10.5 Å². The highest BCUT2D eigenvalue weighted by Crippen LogP contribution is 2.27. The van der Waals surface area contributed by atoms with Crippen molar-refractivity contribution in [1.82, 2.24) is 10.2 Å². The Morgan fingerprint density at radius 3 is 2.64 bits per heavy atom. The molecule has 0 saturated heterocycles. The van der Waals surface area contributed by atoms with Gasteiger partial charge in [-0.1, -0.05) is 23.5 Å². The Hall–Kier alpha value is -2.73. The number of methoxy groups -OCH3 is 1. The highest BCUT2D eigenvalue weighted by Gasteiger charge is 2.04. The molecule has 0 amide bonds. The van der Waals surface area contributed by atoms with Crippen LogP contribution in [0.4, 0.5) is 10.8 Å². The number of rotatable bonds is 4. The number of nitrogens with zero attached hydrogens (tertiary/aromatic N) is 3. The number of nitrogens with two attached hydrogens (primary N) is 1. The van der Waals surface area contributed by atoms with Crippen molar-refractivity contribution in [2.45, 2.75) is 0 Å². The van der Waals surface area contributed by atoms with Crippen LogP contribution in [0, 0.1) is 0 Å². The summed E-state index contributed by atoms with van der Waals surface area (Å²) in [6, 6.07) is 15.5. The number of nitrogen functional groups attached to an aromatic ring is 1. The van der Waals surface area contributed by atoms with Crippen LogP contribution in [0.5, 0.6) is 5.75 Å². The van der Waals surface area contributed by atoms with E-state index in [1.165, 1.54) is 11.3 Å². The van der Waals surface area contributed by atoms with Crippen molar-refractivity contribution in [3.05, 3.63) is 54.1 Å². The van der Waals surface area contributed by atoms with Crippen LogP contribution in [-0.4, -0.2) is 23.5 Å². The van der Waals surface area contributed by atoms with Gasteiger partial charge in [0.25, 0.3) is 0 Å². The number of aromatic nitrogens is 2. The number of benzene rings is 2. The van der Waals surface area contributed by atoms with Gasteiger partial charge in [-0.15, -0.1) is 10.2 Å². The van der Waals surface area contributed by atoms with Gasteiger partial charge >= 0.3 is 0 Å². The Morgan fingerprint density at radius 2 is 1.95 bits per heavy atom. The monoisotopic (exact) mass is 310 g/mol. The van der Waals surface area contributed by atoms with E-state index < -0.39 is 0 Å². The third-order valence-corrected chi connectivity index (χ3v) is 3.81. The van der Waals surface area contributed by atoms with Gasteiger partial charge in [0.1, 0.15) is 10.8 Å². The maximum absolute atomic E-state index is 5.62. The first-order valence-corrected chi connectivity index (χ1v) is 7.44. The van der Waals surface area contributed by atoms with Gasteiger partial charge in [-0.3, -0.25) is 4.99 Å². The molecule has 1 heterocycles. The van der Waals surface area contributed by atoms with Crippen molar-refractivity contribution < 1.29 is 4.74 Å². The van der Waals surface area contributed by atoms with Crippen molar-refractivity contribution in [2.75, 3.05) is 12.8 Å². The van der Waals surface area contributed by atoms with Crippen LogP contribution in [0.15, 0.2) is 53.5 Å². The first-order valence-electron chi connectivity index (χ1n) is 6.62. The molecule has 3 aromatic rings. The molecule has 0 atom stereocenters. The SMILES string of the molecule is COc1ccc(C=Nc2cccc(-c3nnc(N)s3)c2)cc1. The minimum Gasteiger partial charge on any atom is -0.497 e. The topological polar surface area (TPSA) is 73.4 Å². The van der Waals surface area contributed by atoms with E-state index in [9.17, 15) is 0 Å². The Balaban J connectivity index is 1.81. The van der Waals surface area contributed by atoms with Gasteiger partial charge in [-0.2, -0.15) is 0 Å². The standard InChI is InChI=1S/C16H14N4OS/c1-21-14-7-5-11(6-8-14)10-18-13-4-2-3-12(9-13)15-19-20-16(17)22-15/h2-10H,1H3,(H2,17,20). The molecule has 0 aliphatic carbocycles. The van der Waals surface area contributed by atoms with Gasteiger partial charge in [0.15, 0.2) is 0 Å². The van der Waals surface area contributed by atoms with Crippen molar-refractivity contribution in [3.63, 3.8) is 0 Å². The number of ether oxygens (including phenoxy) is 1. The van der Waals surface area contributed by atoms with Gasteiger partial charge in [0, 0.05) is 11.8 Å². The van der Waals surface area contributed by atoms with E-state index in [2.05, 4.69) is 15.2 Å². The summed E-state index contributed by atoms with van der Waals surface area (Å²) in [5.41, 5.74) is 8.43. The predicted octanol–water partition coefficient (Wildman–Crippen LogP) is 3.55. The molecule has 0 fully saturated rings. The zero-order chi connectivity index (χ0) is 15.4. The van der Waals surface area contributed by atoms with Crippen LogP contribution in [0.3, 0.4) is 0 Å². The van der Waals surface area contributed by atoms with Crippen molar-refractivity contribution in [2.24, 2.45) is 4.99 Å². The minimum absolute atomic E-state index is 0.460. The van der Waals surface area contributed by atoms with E-state index in [0.717, 1.165) is 27.6 Å². The summed E-state index contributed by atoms with van der Waals surface area (Å²) in [6.07, 6.45) is 1.81. The summed E-state index contributed by atoms with van der Waals surface area (Å²) < 4.78 is 5.13. The van der Waals surface area contributed by atoms with Gasteiger partial charge in [0.05, 0.1) is 12.8 Å². The van der Waals surface area contributed by atoms with Gasteiger partial charge < -0.3 is 10.5 Å². The Kier molecular flexibility index (Phi) is 4.11. The van der Waals surface area contributed by atoms with Crippen LogP contribution < -0.4 is 10.5 Å². The molecule has 0 aliphatic heterocycles. The fraction of sp³-hybridized carbons (Fsp3) is 0.0625. The average Bonchev–Trinajstić information content (AvgIpc) is 3.00. The predicted molar refractivity (Wildman–Crippen MR) is 90.0 cm³/mol. The Labute approximate surface area is 132 Å². The normalized spacial score (nSPS) is 11.0. The second-order valence-electron chi connectivity index (χ2n) is 4.53. The lowest BCUT2D eigenvalue weighted by atomic mass is 10.2. The first kappa shape index (κ1) is 14.2. The maximum Gasteiger partial charge on any atom is 0.203 e. The molecule has 110 valence electrons. The summed E-state index contributed by atoms with van der Waals surface area (Å²) >= 11 is 1.36. The summed E-state index contributed by atoms with van der Waals surface area (Å²) in [7, 11) is 1.65. The Bertz CT molecular complexity index is 796. The molecule has 6 heteroatoms. The number of anilines is 1. The molecule has 0 aliphatic rings. The zero-order valence-corrected chi connectivity index (χ0v) is 12.7. The fourth-order valence-corrected chi connectivity index (χ4v) is 2.52. The van der Waals surface area contributed by atoms with Crippen LogP contribution in [0.25, 0.3) is 10.6 Å². The summed E-state index contributed by atoms with van der Waals surface area (Å²) in [4.78, 5) is 4.48. The third kappa shape index (κ3) is 3.29. The van der Waals surface area contributed by atoms with Gasteiger partial charge in [0.2, 0.25) is 5.13 Å². The molecule has 0 saturated carbocycles. The van der Waals surface area contributed by atoms with Crippen LogP contribution in [0.2, 0.25) is 0 Å². The molecule has 0 unspecified atom stereocenters. The van der Waals surface area contributed by atoms with Crippen LogP contribution in [-0.2, 0) is 0 Å². The molecule has 1 aromatic heterocycles. The van der Waals surface area contributed by atoms with Crippen molar-refractivity contribution in [3.8, 4) is 16.3 Å². The highest BCUT2D eigenvalue weighted by atomic mass is 32.1. The second-order valence-corrected chi connectivity index (χ2v) is 5.54. The quantitative estimate of drug-likeness (QED) is 0.748. The lowest BCUT2D eigenvalue weighted by Crippen LogP contribution is -1.84. The van der Waals surface area contributed by atoms with Crippen molar-refractivity contribution in [1.29, 1.82) is 0 Å². The van der Waals surface area contributed by atoms with E-state index in [1.807, 2.05) is 54.7 Å². The van der Waals surface area contributed by atoms with E-state index in [-0.39, 0.29) is 0 Å². The van der Waals surface area contributed by atoms with Crippen LogP contribution >= 0.6 is 11.3 Å². The van der Waals surface area contributed by atoms with Gasteiger partial charge in [-0.25, -0.2) is 0 Å². The molecular weight excluding hydrogens is 296 g/mol. The van der Waals surface area contributed by atoms with E-state index in [0.29, 0.717) is 5.13 Å². The first-order chi connectivity index (χ1) is 10.7. The largest absolute Gasteiger partial charge is 0.497 e. The maximum atomic E-state index is 5.62. The second kappa shape index (κ2) is 6.36. The lowest BCUT2D eigenvalue weighted by molar-refractivity contribution is 0.415. The average molecular weight is 310 g/mol. The number of hydrogen-bond acceptors (Lipinski definition) is 6. The van der Waals surface area contributed by atoms with E-state index >= 15 is 0 Å².